The number of hydrogen-bond acceptors (Lipinski definition) is 3. The number of aromatic amines is 1. The van der Waals surface area contributed by atoms with Crippen LogP contribution >= 0.6 is 12.2 Å². The number of nitrogens with zero attached hydrogens (tertiary/aromatic N) is 2. The predicted octanol–water partition coefficient (Wildman–Crippen LogP) is 5.03. The van der Waals surface area contributed by atoms with Crippen LogP contribution in [0.25, 0.3) is 11.4 Å². The highest BCUT2D eigenvalue weighted by Crippen LogP contribution is 2.38. The zero-order chi connectivity index (χ0) is 21.1. The summed E-state index contributed by atoms with van der Waals surface area (Å²) in [6, 6.07) is 14.5. The molecule has 0 unspecified atom stereocenters. The van der Waals surface area contributed by atoms with E-state index >= 15 is 0 Å². The van der Waals surface area contributed by atoms with Crippen LogP contribution in [0.2, 0.25) is 0 Å². The van der Waals surface area contributed by atoms with Gasteiger partial charge in [0.25, 0.3) is 0 Å². The molecule has 1 aliphatic carbocycles. The van der Waals surface area contributed by atoms with E-state index in [9.17, 15) is 9.18 Å². The zero-order valence-corrected chi connectivity index (χ0v) is 17.8. The van der Waals surface area contributed by atoms with Gasteiger partial charge in [-0.25, -0.2) is 4.39 Å². The topological polar surface area (TPSA) is 62.7 Å². The molecule has 1 aromatic heterocycles. The van der Waals surface area contributed by atoms with E-state index in [2.05, 4.69) is 15.5 Å². The molecule has 1 saturated carbocycles. The van der Waals surface area contributed by atoms with Gasteiger partial charge in [-0.2, -0.15) is 5.10 Å². The Bertz CT molecular complexity index is 1080. The van der Waals surface area contributed by atoms with E-state index in [1.165, 1.54) is 17.7 Å². The number of aryl methyl sites for hydroxylation is 1. The van der Waals surface area contributed by atoms with Crippen molar-refractivity contribution in [1.82, 2.24) is 20.1 Å². The van der Waals surface area contributed by atoms with Gasteiger partial charge in [0, 0.05) is 18.5 Å². The highest BCUT2D eigenvalue weighted by molar-refractivity contribution is 7.71. The van der Waals surface area contributed by atoms with Crippen molar-refractivity contribution in [3.05, 3.63) is 70.2 Å². The Labute approximate surface area is 180 Å². The van der Waals surface area contributed by atoms with Crippen molar-refractivity contribution in [2.45, 2.75) is 51.1 Å². The van der Waals surface area contributed by atoms with E-state index in [0.29, 0.717) is 11.3 Å². The highest BCUT2D eigenvalue weighted by Gasteiger charge is 2.36. The van der Waals surface area contributed by atoms with Gasteiger partial charge in [0.2, 0.25) is 5.91 Å². The van der Waals surface area contributed by atoms with Crippen LogP contribution in [0, 0.1) is 17.5 Å². The maximum atomic E-state index is 13.4. The van der Waals surface area contributed by atoms with Crippen molar-refractivity contribution < 1.29 is 9.18 Å². The number of rotatable bonds is 6. The number of amides is 1. The number of halogens is 1. The van der Waals surface area contributed by atoms with Gasteiger partial charge in [0.05, 0.1) is 5.54 Å². The first-order chi connectivity index (χ1) is 14.5. The third-order valence-corrected chi connectivity index (χ3v) is 6.17. The van der Waals surface area contributed by atoms with Gasteiger partial charge in [-0.1, -0.05) is 54.8 Å². The van der Waals surface area contributed by atoms with Crippen LogP contribution in [-0.4, -0.2) is 20.7 Å². The second-order valence-electron chi connectivity index (χ2n) is 7.96. The monoisotopic (exact) mass is 424 g/mol. The minimum atomic E-state index is -0.414. The smallest absolute Gasteiger partial charge is 0.222 e. The first kappa shape index (κ1) is 20.5. The Balaban J connectivity index is 1.49. The lowest BCUT2D eigenvalue weighted by Crippen LogP contribution is -2.44. The standard InChI is InChI=1S/C23H25FN4OS/c1-16-4-6-17(7-5-16)21-26-27-22(30)28(21)15-12-20(29)25-23(13-2-3-14-23)18-8-10-19(24)11-9-18/h4-11H,2-3,12-15H2,1H3,(H,25,29)(H,27,30). The van der Waals surface area contributed by atoms with Crippen molar-refractivity contribution >= 4 is 18.1 Å². The summed E-state index contributed by atoms with van der Waals surface area (Å²) in [7, 11) is 0. The molecule has 1 amide bonds. The van der Waals surface area contributed by atoms with Crippen molar-refractivity contribution in [2.24, 2.45) is 0 Å². The maximum absolute atomic E-state index is 13.4. The number of benzene rings is 2. The fourth-order valence-electron chi connectivity index (χ4n) is 4.22. The zero-order valence-electron chi connectivity index (χ0n) is 17.0. The van der Waals surface area contributed by atoms with Gasteiger partial charge in [0.15, 0.2) is 10.6 Å². The third-order valence-electron chi connectivity index (χ3n) is 5.86. The lowest BCUT2D eigenvalue weighted by molar-refractivity contribution is -0.123. The van der Waals surface area contributed by atoms with Crippen molar-refractivity contribution in [1.29, 1.82) is 0 Å². The van der Waals surface area contributed by atoms with Gasteiger partial charge in [0.1, 0.15) is 5.82 Å². The first-order valence-corrected chi connectivity index (χ1v) is 10.7. The highest BCUT2D eigenvalue weighted by atomic mass is 32.1. The van der Waals surface area contributed by atoms with Crippen LogP contribution in [0.3, 0.4) is 0 Å². The molecular formula is C23H25FN4OS. The second-order valence-corrected chi connectivity index (χ2v) is 8.35. The summed E-state index contributed by atoms with van der Waals surface area (Å²) >= 11 is 5.38. The second kappa shape index (κ2) is 8.52. The lowest BCUT2D eigenvalue weighted by atomic mass is 9.88. The van der Waals surface area contributed by atoms with E-state index in [4.69, 9.17) is 12.2 Å². The Morgan fingerprint density at radius 1 is 1.17 bits per heavy atom. The van der Waals surface area contributed by atoms with E-state index in [1.54, 1.807) is 12.1 Å². The average Bonchev–Trinajstić information content (AvgIpc) is 3.35. The normalized spacial score (nSPS) is 15.3. The molecule has 0 atom stereocenters. The number of carbonyl (C=O) groups is 1. The molecular weight excluding hydrogens is 399 g/mol. The van der Waals surface area contributed by atoms with Gasteiger partial charge < -0.3 is 5.32 Å². The molecule has 30 heavy (non-hydrogen) atoms. The largest absolute Gasteiger partial charge is 0.347 e. The Hall–Kier alpha value is -2.80. The molecule has 0 saturated heterocycles. The third kappa shape index (κ3) is 4.21. The van der Waals surface area contributed by atoms with Gasteiger partial charge in [-0.05, 0) is 49.7 Å². The molecule has 0 spiro atoms. The lowest BCUT2D eigenvalue weighted by Gasteiger charge is -2.31. The molecule has 156 valence electrons. The van der Waals surface area contributed by atoms with Crippen molar-refractivity contribution in [3.8, 4) is 11.4 Å². The number of H-pyrrole nitrogens is 1. The molecule has 0 bridgehead atoms. The van der Waals surface area contributed by atoms with Gasteiger partial charge >= 0.3 is 0 Å². The molecule has 0 aliphatic heterocycles. The average molecular weight is 425 g/mol. The van der Waals surface area contributed by atoms with Crippen LogP contribution in [0.15, 0.2) is 48.5 Å². The minimum Gasteiger partial charge on any atom is -0.347 e. The Kier molecular flexibility index (Phi) is 5.81. The quantitative estimate of drug-likeness (QED) is 0.546. The van der Waals surface area contributed by atoms with Crippen LogP contribution in [0.1, 0.15) is 43.2 Å². The number of hydrogen-bond donors (Lipinski definition) is 2. The van der Waals surface area contributed by atoms with E-state index in [-0.39, 0.29) is 18.1 Å². The van der Waals surface area contributed by atoms with Crippen LogP contribution in [0.4, 0.5) is 4.39 Å². The van der Waals surface area contributed by atoms with Crippen LogP contribution < -0.4 is 5.32 Å². The Morgan fingerprint density at radius 2 is 1.83 bits per heavy atom. The molecule has 1 heterocycles. The summed E-state index contributed by atoms with van der Waals surface area (Å²) in [5.74, 6) is 0.414. The molecule has 5 nitrogen and oxygen atoms in total. The number of aromatic nitrogens is 3. The molecule has 7 heteroatoms. The molecule has 4 rings (SSSR count). The molecule has 1 fully saturated rings. The number of nitrogens with one attached hydrogen (secondary N) is 2. The first-order valence-electron chi connectivity index (χ1n) is 10.3. The summed E-state index contributed by atoms with van der Waals surface area (Å²) in [6.45, 7) is 2.47. The molecule has 0 radical (unpaired) electrons. The van der Waals surface area contributed by atoms with E-state index in [1.807, 2.05) is 35.8 Å². The molecule has 2 aromatic carbocycles. The Morgan fingerprint density at radius 3 is 2.50 bits per heavy atom. The predicted molar refractivity (Wildman–Crippen MR) is 117 cm³/mol. The van der Waals surface area contributed by atoms with E-state index < -0.39 is 5.54 Å². The summed E-state index contributed by atoms with van der Waals surface area (Å²) < 4.78 is 15.7. The molecule has 3 aromatic rings. The summed E-state index contributed by atoms with van der Waals surface area (Å²) in [5.41, 5.74) is 2.67. The fourth-order valence-corrected chi connectivity index (χ4v) is 4.45. The van der Waals surface area contributed by atoms with Gasteiger partial charge in [-0.15, -0.1) is 0 Å². The molecule has 2 N–H and O–H groups in total. The minimum absolute atomic E-state index is 0.0424. The van der Waals surface area contributed by atoms with Crippen LogP contribution in [0.5, 0.6) is 0 Å². The van der Waals surface area contributed by atoms with Crippen molar-refractivity contribution in [3.63, 3.8) is 0 Å². The summed E-state index contributed by atoms with van der Waals surface area (Å²) in [4.78, 5) is 12.9. The van der Waals surface area contributed by atoms with E-state index in [0.717, 1.165) is 42.6 Å². The van der Waals surface area contributed by atoms with Crippen LogP contribution in [-0.2, 0) is 16.9 Å². The SMILES string of the molecule is Cc1ccc(-c2n[nH]c(=S)n2CCC(=O)NC2(c3ccc(F)cc3)CCCC2)cc1. The maximum Gasteiger partial charge on any atom is 0.222 e. The fraction of sp³-hybridized carbons (Fsp3) is 0.348. The summed E-state index contributed by atoms with van der Waals surface area (Å²) in [6.07, 6.45) is 4.11. The molecule has 1 aliphatic rings. The van der Waals surface area contributed by atoms with Crippen molar-refractivity contribution in [2.75, 3.05) is 0 Å². The summed E-state index contributed by atoms with van der Waals surface area (Å²) in [5, 5.41) is 10.4. The van der Waals surface area contributed by atoms with Gasteiger partial charge in [-0.3, -0.25) is 14.5 Å². The number of carbonyl (C=O) groups excluding carboxylic acids is 1.